The monoisotopic (exact) mass is 321 g/mol. The van der Waals surface area contributed by atoms with Crippen LogP contribution in [0.15, 0.2) is 6.07 Å². The highest BCUT2D eigenvalue weighted by Gasteiger charge is 2.41. The van der Waals surface area contributed by atoms with Gasteiger partial charge < -0.3 is 4.90 Å². The lowest BCUT2D eigenvalue weighted by Gasteiger charge is -2.33. The first-order valence-corrected chi connectivity index (χ1v) is 7.33. The van der Waals surface area contributed by atoms with Crippen molar-refractivity contribution in [3.8, 4) is 0 Å². The van der Waals surface area contributed by atoms with Gasteiger partial charge in [0.1, 0.15) is 17.3 Å². The molecule has 0 spiro atoms. The molecule has 1 aromatic heterocycles. The summed E-state index contributed by atoms with van der Waals surface area (Å²) < 4.78 is 63.9. The van der Waals surface area contributed by atoms with E-state index in [1.54, 1.807) is 4.90 Å². The number of piperidine rings is 1. The van der Waals surface area contributed by atoms with Crippen molar-refractivity contribution in [2.75, 3.05) is 18.0 Å². The van der Waals surface area contributed by atoms with Crippen molar-refractivity contribution in [3.05, 3.63) is 17.6 Å². The third-order valence-corrected chi connectivity index (χ3v) is 4.20. The molecular weight excluding hydrogens is 305 g/mol. The van der Waals surface area contributed by atoms with Crippen molar-refractivity contribution >= 4 is 5.82 Å². The first kappa shape index (κ1) is 15.4. The molecule has 2 fully saturated rings. The molecule has 1 saturated carbocycles. The van der Waals surface area contributed by atoms with Crippen molar-refractivity contribution in [2.45, 2.75) is 44.2 Å². The summed E-state index contributed by atoms with van der Waals surface area (Å²) in [5.41, 5.74) is -0.343. The molecule has 0 atom stereocenters. The highest BCUT2D eigenvalue weighted by atomic mass is 19.4. The Morgan fingerprint density at radius 3 is 2.18 bits per heavy atom. The SMILES string of the molecule is FC(F)c1cc(N2CCC(C(F)(F)F)CC2)nc(C2CC2)n1. The lowest BCUT2D eigenvalue weighted by Crippen LogP contribution is -2.39. The number of halogens is 5. The van der Waals surface area contributed by atoms with E-state index in [4.69, 9.17) is 0 Å². The van der Waals surface area contributed by atoms with Gasteiger partial charge in [-0.15, -0.1) is 0 Å². The third kappa shape index (κ3) is 3.30. The van der Waals surface area contributed by atoms with E-state index in [1.165, 1.54) is 6.07 Å². The van der Waals surface area contributed by atoms with E-state index in [0.717, 1.165) is 12.8 Å². The summed E-state index contributed by atoms with van der Waals surface area (Å²) in [6, 6.07) is 1.20. The van der Waals surface area contributed by atoms with Crippen LogP contribution in [0.1, 0.15) is 49.5 Å². The molecule has 1 aliphatic heterocycles. The van der Waals surface area contributed by atoms with E-state index in [2.05, 4.69) is 9.97 Å². The first-order chi connectivity index (χ1) is 10.3. The fraction of sp³-hybridized carbons (Fsp3) is 0.714. The van der Waals surface area contributed by atoms with Crippen LogP contribution in [-0.4, -0.2) is 29.2 Å². The minimum absolute atomic E-state index is 0.0315. The average molecular weight is 321 g/mol. The van der Waals surface area contributed by atoms with Crippen LogP contribution in [0.2, 0.25) is 0 Å². The van der Waals surface area contributed by atoms with Gasteiger partial charge in [-0.2, -0.15) is 13.2 Å². The lowest BCUT2D eigenvalue weighted by atomic mass is 9.96. The maximum Gasteiger partial charge on any atom is 0.391 e. The molecule has 0 unspecified atom stereocenters. The zero-order valence-corrected chi connectivity index (χ0v) is 11.8. The first-order valence-electron chi connectivity index (χ1n) is 7.33. The van der Waals surface area contributed by atoms with Crippen molar-refractivity contribution in [3.63, 3.8) is 0 Å². The van der Waals surface area contributed by atoms with Crippen LogP contribution in [0, 0.1) is 5.92 Å². The van der Waals surface area contributed by atoms with Gasteiger partial charge in [0.15, 0.2) is 0 Å². The molecule has 3 rings (SSSR count). The molecule has 122 valence electrons. The van der Waals surface area contributed by atoms with Crippen LogP contribution in [0.5, 0.6) is 0 Å². The highest BCUT2D eigenvalue weighted by molar-refractivity contribution is 5.41. The molecule has 0 bridgehead atoms. The molecule has 1 saturated heterocycles. The van der Waals surface area contributed by atoms with Gasteiger partial charge >= 0.3 is 6.18 Å². The number of nitrogens with zero attached hydrogens (tertiary/aromatic N) is 3. The Balaban J connectivity index is 1.77. The quantitative estimate of drug-likeness (QED) is 0.786. The van der Waals surface area contributed by atoms with Crippen molar-refractivity contribution in [2.24, 2.45) is 5.92 Å². The van der Waals surface area contributed by atoms with Gasteiger partial charge in [0.2, 0.25) is 0 Å². The van der Waals surface area contributed by atoms with E-state index in [9.17, 15) is 22.0 Å². The maximum atomic E-state index is 12.9. The zero-order valence-electron chi connectivity index (χ0n) is 11.8. The number of rotatable bonds is 3. The maximum absolute atomic E-state index is 12.9. The minimum atomic E-state index is -4.19. The normalized spacial score (nSPS) is 20.7. The van der Waals surface area contributed by atoms with Gasteiger partial charge in [0.25, 0.3) is 6.43 Å². The Hall–Kier alpha value is -1.47. The number of hydrogen-bond acceptors (Lipinski definition) is 3. The molecule has 0 aromatic carbocycles. The van der Waals surface area contributed by atoms with Gasteiger partial charge in [-0.3, -0.25) is 0 Å². The fourth-order valence-electron chi connectivity index (χ4n) is 2.71. The molecule has 1 aromatic rings. The predicted octanol–water partition coefficient (Wildman–Crippen LogP) is 4.07. The molecule has 0 radical (unpaired) electrons. The molecule has 1 aliphatic carbocycles. The molecule has 0 N–H and O–H groups in total. The Bertz CT molecular complexity index is 514. The second-order valence-electron chi connectivity index (χ2n) is 5.89. The van der Waals surface area contributed by atoms with Crippen LogP contribution >= 0.6 is 0 Å². The topological polar surface area (TPSA) is 29.0 Å². The fourth-order valence-corrected chi connectivity index (χ4v) is 2.71. The summed E-state index contributed by atoms with van der Waals surface area (Å²) in [7, 11) is 0. The van der Waals surface area contributed by atoms with Gasteiger partial charge in [-0.05, 0) is 25.7 Å². The predicted molar refractivity (Wildman–Crippen MR) is 70.0 cm³/mol. The molecule has 2 heterocycles. The lowest BCUT2D eigenvalue weighted by molar-refractivity contribution is -0.179. The summed E-state index contributed by atoms with van der Waals surface area (Å²) >= 11 is 0. The second-order valence-corrected chi connectivity index (χ2v) is 5.89. The Kier molecular flexibility index (Phi) is 3.94. The summed E-state index contributed by atoms with van der Waals surface area (Å²) in [6.07, 6.45) is -5.20. The van der Waals surface area contributed by atoms with Gasteiger partial charge in [-0.1, -0.05) is 0 Å². The van der Waals surface area contributed by atoms with Crippen molar-refractivity contribution < 1.29 is 22.0 Å². The van der Waals surface area contributed by atoms with Gasteiger partial charge in [0, 0.05) is 25.1 Å². The van der Waals surface area contributed by atoms with Crippen molar-refractivity contribution in [1.29, 1.82) is 0 Å². The number of anilines is 1. The molecular formula is C14H16F5N3. The van der Waals surface area contributed by atoms with Crippen LogP contribution < -0.4 is 4.90 Å². The Labute approximate surface area is 124 Å². The van der Waals surface area contributed by atoms with Gasteiger partial charge in [-0.25, -0.2) is 18.7 Å². The van der Waals surface area contributed by atoms with Gasteiger partial charge in [0.05, 0.1) is 5.92 Å². The van der Waals surface area contributed by atoms with E-state index in [0.29, 0.717) is 11.6 Å². The summed E-state index contributed by atoms with van der Waals surface area (Å²) in [5.74, 6) is -0.480. The molecule has 2 aliphatic rings. The summed E-state index contributed by atoms with van der Waals surface area (Å²) in [5, 5.41) is 0. The summed E-state index contributed by atoms with van der Waals surface area (Å²) in [4.78, 5) is 9.82. The van der Waals surface area contributed by atoms with Crippen LogP contribution in [-0.2, 0) is 0 Å². The largest absolute Gasteiger partial charge is 0.391 e. The number of alkyl halides is 5. The number of hydrogen-bond donors (Lipinski definition) is 0. The standard InChI is InChI=1S/C14H16F5N3/c15-12(16)10-7-11(21-13(20-10)8-1-2-8)22-5-3-9(4-6-22)14(17,18)19/h7-9,12H,1-6H2. The third-order valence-electron chi connectivity index (χ3n) is 4.20. The van der Waals surface area contributed by atoms with E-state index < -0.39 is 18.5 Å². The van der Waals surface area contributed by atoms with Crippen molar-refractivity contribution in [1.82, 2.24) is 9.97 Å². The van der Waals surface area contributed by atoms with Crippen LogP contribution in [0.4, 0.5) is 27.8 Å². The van der Waals surface area contributed by atoms with Crippen LogP contribution in [0.3, 0.4) is 0 Å². The zero-order chi connectivity index (χ0) is 15.9. The smallest absolute Gasteiger partial charge is 0.356 e. The second kappa shape index (κ2) is 5.62. The molecule has 0 amide bonds. The Morgan fingerprint density at radius 2 is 1.68 bits per heavy atom. The van der Waals surface area contributed by atoms with Crippen LogP contribution in [0.25, 0.3) is 0 Å². The minimum Gasteiger partial charge on any atom is -0.356 e. The molecule has 8 heteroatoms. The Morgan fingerprint density at radius 1 is 1.05 bits per heavy atom. The highest BCUT2D eigenvalue weighted by Crippen LogP contribution is 2.40. The molecule has 3 nitrogen and oxygen atoms in total. The summed E-state index contributed by atoms with van der Waals surface area (Å²) in [6.45, 7) is 0.349. The van der Waals surface area contributed by atoms with E-state index >= 15 is 0 Å². The average Bonchev–Trinajstić information content (AvgIpc) is 3.30. The molecule has 22 heavy (non-hydrogen) atoms. The van der Waals surface area contributed by atoms with E-state index in [-0.39, 0.29) is 37.5 Å². The van der Waals surface area contributed by atoms with E-state index in [1.807, 2.05) is 0 Å². The number of aromatic nitrogens is 2.